The maximum Gasteiger partial charge on any atom is 0.264 e. The highest BCUT2D eigenvalue weighted by molar-refractivity contribution is 7.71. The molecule has 1 fully saturated rings. The van der Waals surface area contributed by atoms with Crippen LogP contribution >= 0.6 is 12.2 Å². The minimum atomic E-state index is -0.400. The number of aromatic hydroxyl groups is 1. The largest absolute Gasteiger partial charge is 0.494 e. The standard InChI is InChI=1S/C16H17N3O2S/c20-14-13(10-17-12-6-7-12)15(21)19(16(22)18-14)9-8-11-4-2-1-3-5-11/h1-5,10,12,21H,6-9H2,(H,18,20,22). The smallest absolute Gasteiger partial charge is 0.264 e. The van der Waals surface area contributed by atoms with Crippen LogP contribution in [0.4, 0.5) is 0 Å². The molecule has 0 amide bonds. The number of H-pyrrole nitrogens is 1. The van der Waals surface area contributed by atoms with Gasteiger partial charge in [-0.15, -0.1) is 0 Å². The van der Waals surface area contributed by atoms with Crippen molar-refractivity contribution in [1.82, 2.24) is 9.55 Å². The minimum absolute atomic E-state index is 0.117. The van der Waals surface area contributed by atoms with Gasteiger partial charge in [-0.2, -0.15) is 0 Å². The molecule has 0 atom stereocenters. The third-order valence-electron chi connectivity index (χ3n) is 3.64. The Hall–Kier alpha value is -2.21. The van der Waals surface area contributed by atoms with Crippen LogP contribution in [-0.2, 0) is 13.0 Å². The number of aryl methyl sites for hydroxylation is 1. The molecule has 0 spiro atoms. The summed E-state index contributed by atoms with van der Waals surface area (Å²) in [5.41, 5.74) is 0.916. The van der Waals surface area contributed by atoms with E-state index < -0.39 is 5.56 Å². The summed E-state index contributed by atoms with van der Waals surface area (Å²) in [4.78, 5) is 18.8. The Morgan fingerprint density at radius 1 is 1.36 bits per heavy atom. The lowest BCUT2D eigenvalue weighted by Gasteiger charge is -2.11. The molecule has 1 aromatic heterocycles. The van der Waals surface area contributed by atoms with Crippen LogP contribution < -0.4 is 5.56 Å². The molecule has 1 aliphatic rings. The summed E-state index contributed by atoms with van der Waals surface area (Å²) in [5.74, 6) is -0.117. The van der Waals surface area contributed by atoms with Crippen molar-refractivity contribution in [2.24, 2.45) is 4.99 Å². The summed E-state index contributed by atoms with van der Waals surface area (Å²) in [7, 11) is 0. The summed E-state index contributed by atoms with van der Waals surface area (Å²) < 4.78 is 1.76. The van der Waals surface area contributed by atoms with Gasteiger partial charge in [0, 0.05) is 12.8 Å². The van der Waals surface area contributed by atoms with Gasteiger partial charge in [-0.05, 0) is 37.0 Å². The molecule has 2 N–H and O–H groups in total. The molecule has 0 radical (unpaired) electrons. The number of rotatable bonds is 5. The summed E-state index contributed by atoms with van der Waals surface area (Å²) in [5, 5.41) is 10.3. The van der Waals surface area contributed by atoms with Crippen molar-refractivity contribution >= 4 is 18.4 Å². The quantitative estimate of drug-likeness (QED) is 0.657. The van der Waals surface area contributed by atoms with Crippen LogP contribution in [0.15, 0.2) is 40.1 Å². The zero-order valence-electron chi connectivity index (χ0n) is 12.0. The molecule has 114 valence electrons. The highest BCUT2D eigenvalue weighted by Gasteiger charge is 2.20. The molecule has 22 heavy (non-hydrogen) atoms. The van der Waals surface area contributed by atoms with E-state index in [2.05, 4.69) is 9.98 Å². The van der Waals surface area contributed by atoms with Crippen molar-refractivity contribution < 1.29 is 5.11 Å². The first-order chi connectivity index (χ1) is 10.6. The predicted octanol–water partition coefficient (Wildman–Crippen LogP) is 2.44. The Balaban J connectivity index is 1.88. The lowest BCUT2D eigenvalue weighted by molar-refractivity contribution is 0.403. The number of aromatic amines is 1. The molecule has 0 unspecified atom stereocenters. The van der Waals surface area contributed by atoms with E-state index in [9.17, 15) is 9.90 Å². The molecule has 6 heteroatoms. The van der Waals surface area contributed by atoms with E-state index >= 15 is 0 Å². The monoisotopic (exact) mass is 315 g/mol. The van der Waals surface area contributed by atoms with Crippen LogP contribution in [0, 0.1) is 4.77 Å². The van der Waals surface area contributed by atoms with E-state index in [0.717, 1.165) is 18.4 Å². The zero-order valence-corrected chi connectivity index (χ0v) is 12.8. The van der Waals surface area contributed by atoms with E-state index in [-0.39, 0.29) is 16.2 Å². The molecule has 1 aromatic carbocycles. The number of aromatic nitrogens is 2. The van der Waals surface area contributed by atoms with Crippen LogP contribution in [0.2, 0.25) is 0 Å². The highest BCUT2D eigenvalue weighted by atomic mass is 32.1. The highest BCUT2D eigenvalue weighted by Crippen LogP contribution is 2.23. The second kappa shape index (κ2) is 6.27. The first-order valence-corrected chi connectivity index (χ1v) is 7.69. The fourth-order valence-corrected chi connectivity index (χ4v) is 2.46. The van der Waals surface area contributed by atoms with Gasteiger partial charge >= 0.3 is 0 Å². The Morgan fingerprint density at radius 3 is 2.77 bits per heavy atom. The third kappa shape index (κ3) is 3.33. The van der Waals surface area contributed by atoms with Crippen LogP contribution in [0.5, 0.6) is 5.88 Å². The van der Waals surface area contributed by atoms with Crippen LogP contribution in [0.25, 0.3) is 0 Å². The zero-order chi connectivity index (χ0) is 15.5. The fourth-order valence-electron chi connectivity index (χ4n) is 2.19. The summed E-state index contributed by atoms with van der Waals surface area (Å²) >= 11 is 5.15. The predicted molar refractivity (Wildman–Crippen MR) is 88.3 cm³/mol. The molecule has 3 rings (SSSR count). The van der Waals surface area contributed by atoms with E-state index in [1.165, 1.54) is 10.8 Å². The van der Waals surface area contributed by atoms with Crippen molar-refractivity contribution in [3.05, 3.63) is 56.6 Å². The molecule has 1 heterocycles. The lowest BCUT2D eigenvalue weighted by atomic mass is 10.1. The van der Waals surface area contributed by atoms with E-state index in [1.54, 1.807) is 0 Å². The molecular formula is C16H17N3O2S. The number of benzene rings is 1. The van der Waals surface area contributed by atoms with Gasteiger partial charge in [0.25, 0.3) is 5.56 Å². The lowest BCUT2D eigenvalue weighted by Crippen LogP contribution is -2.19. The molecule has 0 saturated heterocycles. The first-order valence-electron chi connectivity index (χ1n) is 7.28. The van der Waals surface area contributed by atoms with Gasteiger partial charge in [-0.1, -0.05) is 30.3 Å². The Morgan fingerprint density at radius 2 is 2.09 bits per heavy atom. The van der Waals surface area contributed by atoms with Crippen molar-refractivity contribution in [2.45, 2.75) is 31.8 Å². The average Bonchev–Trinajstić information content (AvgIpc) is 3.32. The molecular weight excluding hydrogens is 298 g/mol. The summed E-state index contributed by atoms with van der Waals surface area (Å²) in [6, 6.07) is 10.2. The van der Waals surface area contributed by atoms with Gasteiger partial charge in [0.15, 0.2) is 4.77 Å². The second-order valence-corrected chi connectivity index (χ2v) is 5.78. The molecule has 1 aliphatic carbocycles. The number of nitrogens with zero attached hydrogens (tertiary/aromatic N) is 2. The van der Waals surface area contributed by atoms with Crippen LogP contribution in [0.3, 0.4) is 0 Å². The first kappa shape index (κ1) is 14.7. The van der Waals surface area contributed by atoms with Gasteiger partial charge in [0.05, 0.1) is 6.04 Å². The van der Waals surface area contributed by atoms with Gasteiger partial charge in [0.2, 0.25) is 5.88 Å². The number of nitrogens with one attached hydrogen (secondary N) is 1. The molecule has 5 nitrogen and oxygen atoms in total. The molecule has 0 bridgehead atoms. The van der Waals surface area contributed by atoms with Crippen LogP contribution in [0.1, 0.15) is 24.0 Å². The van der Waals surface area contributed by atoms with E-state index in [0.29, 0.717) is 19.0 Å². The van der Waals surface area contributed by atoms with E-state index in [1.807, 2.05) is 30.3 Å². The van der Waals surface area contributed by atoms with Crippen LogP contribution in [-0.4, -0.2) is 26.9 Å². The second-order valence-electron chi connectivity index (χ2n) is 5.39. The summed E-state index contributed by atoms with van der Waals surface area (Å²) in [6.45, 7) is 0.496. The fraction of sp³-hybridized carbons (Fsp3) is 0.312. The minimum Gasteiger partial charge on any atom is -0.494 e. The topological polar surface area (TPSA) is 70.4 Å². The Kier molecular flexibility index (Phi) is 4.20. The average molecular weight is 315 g/mol. The molecule has 2 aromatic rings. The van der Waals surface area contributed by atoms with Gasteiger partial charge in [0.1, 0.15) is 5.56 Å². The molecule has 1 saturated carbocycles. The van der Waals surface area contributed by atoms with Gasteiger partial charge < -0.3 is 5.11 Å². The van der Waals surface area contributed by atoms with Crippen molar-refractivity contribution in [1.29, 1.82) is 0 Å². The SMILES string of the molecule is O=c1[nH]c(=S)n(CCc2ccccc2)c(O)c1C=NC1CC1. The maximum atomic E-state index is 11.9. The van der Waals surface area contributed by atoms with Crippen molar-refractivity contribution in [3.63, 3.8) is 0 Å². The summed E-state index contributed by atoms with van der Waals surface area (Å²) in [6.07, 6.45) is 4.26. The third-order valence-corrected chi connectivity index (χ3v) is 3.96. The van der Waals surface area contributed by atoms with Crippen molar-refractivity contribution in [3.8, 4) is 5.88 Å². The maximum absolute atomic E-state index is 11.9. The molecule has 0 aliphatic heterocycles. The number of hydrogen-bond donors (Lipinski definition) is 2. The Bertz CT molecular complexity index is 804. The van der Waals surface area contributed by atoms with Gasteiger partial charge in [-0.3, -0.25) is 19.3 Å². The number of aliphatic imine (C=N–C) groups is 1. The van der Waals surface area contributed by atoms with Crippen molar-refractivity contribution in [2.75, 3.05) is 0 Å². The van der Waals surface area contributed by atoms with E-state index in [4.69, 9.17) is 12.2 Å². The normalized spacial score (nSPS) is 14.5. The van der Waals surface area contributed by atoms with Gasteiger partial charge in [-0.25, -0.2) is 0 Å². The Labute approximate surface area is 133 Å². The number of hydrogen-bond acceptors (Lipinski definition) is 4.